The van der Waals surface area contributed by atoms with Crippen LogP contribution in [0.5, 0.6) is 0 Å². The van der Waals surface area contributed by atoms with E-state index in [2.05, 4.69) is 17.4 Å². The van der Waals surface area contributed by atoms with E-state index in [1.54, 1.807) is 14.2 Å². The van der Waals surface area contributed by atoms with Crippen LogP contribution in [0.4, 0.5) is 0 Å². The van der Waals surface area contributed by atoms with E-state index >= 15 is 0 Å². The molecular weight excluding hydrogens is 242 g/mol. The normalized spacial score (nSPS) is 12.1. The van der Waals surface area contributed by atoms with Crippen LogP contribution in [0.3, 0.4) is 0 Å². The highest BCUT2D eigenvalue weighted by molar-refractivity contribution is 5.76. The molecule has 0 bridgehead atoms. The van der Waals surface area contributed by atoms with E-state index in [0.29, 0.717) is 19.6 Å². The van der Waals surface area contributed by atoms with Gasteiger partial charge in [0.1, 0.15) is 0 Å². The maximum Gasteiger partial charge on any atom is 0.220 e. The molecule has 1 aromatic rings. The summed E-state index contributed by atoms with van der Waals surface area (Å²) in [6.07, 6.45) is 2.01. The Hall–Kier alpha value is -1.39. The first-order chi connectivity index (χ1) is 9.26. The summed E-state index contributed by atoms with van der Waals surface area (Å²) in [6.45, 7) is 1.13. The van der Waals surface area contributed by atoms with Gasteiger partial charge in [0, 0.05) is 27.2 Å². The van der Waals surface area contributed by atoms with Gasteiger partial charge in [0.05, 0.1) is 12.6 Å². The first-order valence-electron chi connectivity index (χ1n) is 6.57. The number of hydrogen-bond acceptors (Lipinski definition) is 3. The minimum absolute atomic E-state index is 0.0162. The molecular formula is C15H23NO3. The largest absolute Gasteiger partial charge is 0.385 e. The van der Waals surface area contributed by atoms with Crippen molar-refractivity contribution in [2.24, 2.45) is 0 Å². The number of amides is 1. The van der Waals surface area contributed by atoms with Gasteiger partial charge in [0.2, 0.25) is 5.91 Å². The van der Waals surface area contributed by atoms with Crippen molar-refractivity contribution in [1.82, 2.24) is 5.32 Å². The highest BCUT2D eigenvalue weighted by Gasteiger charge is 2.12. The zero-order valence-corrected chi connectivity index (χ0v) is 11.7. The molecule has 1 unspecified atom stereocenters. The fourth-order valence-corrected chi connectivity index (χ4v) is 1.93. The van der Waals surface area contributed by atoms with E-state index in [1.165, 1.54) is 5.56 Å². The van der Waals surface area contributed by atoms with Crippen LogP contribution in [-0.2, 0) is 20.7 Å². The Labute approximate surface area is 115 Å². The molecule has 1 N–H and O–H groups in total. The number of rotatable bonds is 9. The number of carbonyl (C=O) groups excluding carboxylic acids is 1. The van der Waals surface area contributed by atoms with Gasteiger partial charge in [-0.2, -0.15) is 0 Å². The molecule has 1 amide bonds. The summed E-state index contributed by atoms with van der Waals surface area (Å²) >= 11 is 0. The van der Waals surface area contributed by atoms with Crippen LogP contribution in [0.2, 0.25) is 0 Å². The van der Waals surface area contributed by atoms with Crippen LogP contribution in [0.1, 0.15) is 18.4 Å². The lowest BCUT2D eigenvalue weighted by Crippen LogP contribution is -2.39. The molecule has 1 rings (SSSR count). The fourth-order valence-electron chi connectivity index (χ4n) is 1.93. The van der Waals surface area contributed by atoms with Crippen molar-refractivity contribution in [3.63, 3.8) is 0 Å². The minimum Gasteiger partial charge on any atom is -0.385 e. The molecule has 1 aromatic carbocycles. The molecule has 0 saturated heterocycles. The van der Waals surface area contributed by atoms with E-state index in [4.69, 9.17) is 9.47 Å². The molecule has 19 heavy (non-hydrogen) atoms. The summed E-state index contributed by atoms with van der Waals surface area (Å²) in [5.74, 6) is 0.0510. The van der Waals surface area contributed by atoms with Crippen LogP contribution >= 0.6 is 0 Å². The van der Waals surface area contributed by atoms with Crippen molar-refractivity contribution in [3.05, 3.63) is 35.9 Å². The molecule has 0 spiro atoms. The summed E-state index contributed by atoms with van der Waals surface area (Å²) in [6, 6.07) is 10.1. The Balaban J connectivity index is 2.41. The molecule has 0 aliphatic carbocycles. The van der Waals surface area contributed by atoms with Crippen molar-refractivity contribution in [3.8, 4) is 0 Å². The number of benzene rings is 1. The minimum atomic E-state index is 0.0162. The van der Waals surface area contributed by atoms with Crippen molar-refractivity contribution < 1.29 is 14.3 Å². The Kier molecular flexibility index (Phi) is 7.86. The maximum absolute atomic E-state index is 11.8. The van der Waals surface area contributed by atoms with E-state index < -0.39 is 0 Å². The third kappa shape index (κ3) is 6.94. The van der Waals surface area contributed by atoms with E-state index in [1.807, 2.05) is 18.2 Å². The van der Waals surface area contributed by atoms with E-state index in [0.717, 1.165) is 12.8 Å². The van der Waals surface area contributed by atoms with Crippen LogP contribution in [0, 0.1) is 0 Å². The second-order valence-electron chi connectivity index (χ2n) is 4.51. The molecule has 1 atom stereocenters. The zero-order chi connectivity index (χ0) is 13.9. The van der Waals surface area contributed by atoms with Gasteiger partial charge in [-0.05, 0) is 18.4 Å². The van der Waals surface area contributed by atoms with E-state index in [9.17, 15) is 4.79 Å². The number of nitrogens with one attached hydrogen (secondary N) is 1. The number of carbonyl (C=O) groups is 1. The molecule has 4 heteroatoms. The predicted octanol–water partition coefficient (Wildman–Crippen LogP) is 1.79. The average molecular weight is 265 g/mol. The first kappa shape index (κ1) is 15.7. The highest BCUT2D eigenvalue weighted by atomic mass is 16.5. The molecule has 4 nitrogen and oxygen atoms in total. The second-order valence-corrected chi connectivity index (χ2v) is 4.51. The third-order valence-corrected chi connectivity index (χ3v) is 2.81. The Morgan fingerprint density at radius 3 is 2.58 bits per heavy atom. The Morgan fingerprint density at radius 2 is 1.95 bits per heavy atom. The second kappa shape index (κ2) is 9.53. The third-order valence-electron chi connectivity index (χ3n) is 2.81. The molecule has 0 saturated carbocycles. The standard InChI is InChI=1S/C15H23NO3/c1-18-10-6-9-15(17)16-14(12-19-2)11-13-7-4-3-5-8-13/h3-5,7-8,14H,6,9-12H2,1-2H3,(H,16,17). The van der Waals surface area contributed by atoms with Gasteiger partial charge in [0.25, 0.3) is 0 Å². The van der Waals surface area contributed by atoms with Crippen LogP contribution in [0.25, 0.3) is 0 Å². The van der Waals surface area contributed by atoms with Gasteiger partial charge in [-0.1, -0.05) is 30.3 Å². The van der Waals surface area contributed by atoms with Crippen LogP contribution in [0.15, 0.2) is 30.3 Å². The summed E-state index contributed by atoms with van der Waals surface area (Å²) < 4.78 is 10.1. The van der Waals surface area contributed by atoms with Gasteiger partial charge in [-0.15, -0.1) is 0 Å². The summed E-state index contributed by atoms with van der Waals surface area (Å²) in [4.78, 5) is 11.8. The fraction of sp³-hybridized carbons (Fsp3) is 0.533. The lowest BCUT2D eigenvalue weighted by Gasteiger charge is -2.18. The van der Waals surface area contributed by atoms with Gasteiger partial charge in [0.15, 0.2) is 0 Å². The number of hydrogen-bond donors (Lipinski definition) is 1. The molecule has 0 fully saturated rings. The number of methoxy groups -OCH3 is 2. The molecule has 0 aliphatic rings. The highest BCUT2D eigenvalue weighted by Crippen LogP contribution is 2.04. The first-order valence-corrected chi connectivity index (χ1v) is 6.57. The molecule has 0 heterocycles. The smallest absolute Gasteiger partial charge is 0.220 e. The predicted molar refractivity (Wildman–Crippen MR) is 75.1 cm³/mol. The van der Waals surface area contributed by atoms with Crippen LogP contribution < -0.4 is 5.32 Å². The van der Waals surface area contributed by atoms with Gasteiger partial charge >= 0.3 is 0 Å². The topological polar surface area (TPSA) is 47.6 Å². The average Bonchev–Trinajstić information content (AvgIpc) is 2.40. The van der Waals surface area contributed by atoms with Crippen molar-refractivity contribution in [1.29, 1.82) is 0 Å². The summed E-state index contributed by atoms with van der Waals surface area (Å²) in [5, 5.41) is 3.01. The van der Waals surface area contributed by atoms with Gasteiger partial charge in [-0.3, -0.25) is 4.79 Å². The van der Waals surface area contributed by atoms with Crippen molar-refractivity contribution >= 4 is 5.91 Å². The van der Waals surface area contributed by atoms with Crippen LogP contribution in [-0.4, -0.2) is 39.4 Å². The Bertz CT molecular complexity index is 354. The molecule has 0 aromatic heterocycles. The quantitative estimate of drug-likeness (QED) is 0.692. The van der Waals surface area contributed by atoms with Crippen molar-refractivity contribution in [2.45, 2.75) is 25.3 Å². The summed E-state index contributed by atoms with van der Waals surface area (Å²) in [5.41, 5.74) is 1.20. The lowest BCUT2D eigenvalue weighted by atomic mass is 10.1. The molecule has 106 valence electrons. The molecule has 0 radical (unpaired) electrons. The van der Waals surface area contributed by atoms with Gasteiger partial charge < -0.3 is 14.8 Å². The molecule has 0 aliphatic heterocycles. The van der Waals surface area contributed by atoms with Gasteiger partial charge in [-0.25, -0.2) is 0 Å². The van der Waals surface area contributed by atoms with E-state index in [-0.39, 0.29) is 11.9 Å². The Morgan fingerprint density at radius 1 is 1.21 bits per heavy atom. The summed E-state index contributed by atoms with van der Waals surface area (Å²) in [7, 11) is 3.29. The monoisotopic (exact) mass is 265 g/mol. The lowest BCUT2D eigenvalue weighted by molar-refractivity contribution is -0.122. The number of ether oxygens (including phenoxy) is 2. The van der Waals surface area contributed by atoms with Crippen molar-refractivity contribution in [2.75, 3.05) is 27.4 Å². The SMILES string of the molecule is COCCCC(=O)NC(COC)Cc1ccccc1. The zero-order valence-electron chi connectivity index (χ0n) is 11.7. The maximum atomic E-state index is 11.8.